The standard InChI is InChI=1S/C15H17ClFN3/c1-10-11(2)20-6-5-19(9-15(20)18-10)8-12-3-4-13(17)7-14(12)16/h3-4,7H,5-6,8-9H2,1-2H3. The molecule has 5 heteroatoms. The lowest BCUT2D eigenvalue weighted by Gasteiger charge is -2.28. The van der Waals surface area contributed by atoms with E-state index in [9.17, 15) is 4.39 Å². The van der Waals surface area contributed by atoms with Gasteiger partial charge in [-0.15, -0.1) is 0 Å². The van der Waals surface area contributed by atoms with Crippen LogP contribution >= 0.6 is 11.6 Å². The second-order valence-corrected chi connectivity index (χ2v) is 5.70. The predicted molar refractivity (Wildman–Crippen MR) is 77.2 cm³/mol. The monoisotopic (exact) mass is 293 g/mol. The molecule has 0 unspecified atom stereocenters. The van der Waals surface area contributed by atoms with E-state index >= 15 is 0 Å². The van der Waals surface area contributed by atoms with E-state index < -0.39 is 0 Å². The van der Waals surface area contributed by atoms with E-state index in [0.717, 1.165) is 43.3 Å². The fourth-order valence-electron chi connectivity index (χ4n) is 2.69. The number of benzene rings is 1. The van der Waals surface area contributed by atoms with E-state index in [2.05, 4.69) is 21.4 Å². The smallest absolute Gasteiger partial charge is 0.124 e. The predicted octanol–water partition coefficient (Wildman–Crippen LogP) is 3.31. The number of rotatable bonds is 2. The van der Waals surface area contributed by atoms with Gasteiger partial charge in [-0.25, -0.2) is 9.37 Å². The first-order chi connectivity index (χ1) is 9.54. The summed E-state index contributed by atoms with van der Waals surface area (Å²) in [5.74, 6) is 0.809. The molecule has 3 nitrogen and oxygen atoms in total. The Morgan fingerprint density at radius 1 is 1.30 bits per heavy atom. The summed E-state index contributed by atoms with van der Waals surface area (Å²) >= 11 is 6.09. The van der Waals surface area contributed by atoms with E-state index in [1.807, 2.05) is 6.92 Å². The Labute approximate surface area is 123 Å². The lowest BCUT2D eigenvalue weighted by Crippen LogP contribution is -2.33. The molecule has 0 saturated heterocycles. The van der Waals surface area contributed by atoms with Crippen molar-refractivity contribution in [3.63, 3.8) is 0 Å². The first kappa shape index (κ1) is 13.6. The van der Waals surface area contributed by atoms with Gasteiger partial charge in [0.15, 0.2) is 0 Å². The van der Waals surface area contributed by atoms with Gasteiger partial charge in [-0.3, -0.25) is 4.90 Å². The van der Waals surface area contributed by atoms with Gasteiger partial charge >= 0.3 is 0 Å². The zero-order valence-electron chi connectivity index (χ0n) is 11.7. The third-order valence-electron chi connectivity index (χ3n) is 3.95. The summed E-state index contributed by atoms with van der Waals surface area (Å²) in [5.41, 5.74) is 3.31. The molecule has 1 aromatic carbocycles. The van der Waals surface area contributed by atoms with Gasteiger partial charge in [-0.1, -0.05) is 17.7 Å². The maximum atomic E-state index is 13.1. The maximum absolute atomic E-state index is 13.1. The molecule has 0 spiro atoms. The molecule has 2 heterocycles. The molecule has 3 rings (SSSR count). The van der Waals surface area contributed by atoms with Gasteiger partial charge in [0.25, 0.3) is 0 Å². The average Bonchev–Trinajstić information content (AvgIpc) is 2.68. The molecule has 0 bridgehead atoms. The largest absolute Gasteiger partial charge is 0.330 e. The summed E-state index contributed by atoms with van der Waals surface area (Å²) < 4.78 is 15.3. The van der Waals surface area contributed by atoms with Crippen LogP contribution in [0.4, 0.5) is 4.39 Å². The van der Waals surface area contributed by atoms with Crippen LogP contribution in [0, 0.1) is 19.7 Å². The SMILES string of the molecule is Cc1nc2n(c1C)CCN(Cc1ccc(F)cc1Cl)C2. The molecular weight excluding hydrogens is 277 g/mol. The van der Waals surface area contributed by atoms with Crippen LogP contribution in [-0.4, -0.2) is 21.0 Å². The van der Waals surface area contributed by atoms with Crippen molar-refractivity contribution >= 4 is 11.6 Å². The number of fused-ring (bicyclic) bond motifs is 1. The summed E-state index contributed by atoms with van der Waals surface area (Å²) in [7, 11) is 0. The van der Waals surface area contributed by atoms with E-state index in [1.165, 1.54) is 17.8 Å². The van der Waals surface area contributed by atoms with Crippen LogP contribution in [0.15, 0.2) is 18.2 Å². The highest BCUT2D eigenvalue weighted by atomic mass is 35.5. The fraction of sp³-hybridized carbons (Fsp3) is 0.400. The minimum atomic E-state index is -0.292. The summed E-state index contributed by atoms with van der Waals surface area (Å²) in [6.07, 6.45) is 0. The Kier molecular flexibility index (Phi) is 3.52. The number of aromatic nitrogens is 2. The molecule has 0 N–H and O–H groups in total. The Balaban J connectivity index is 1.77. The van der Waals surface area contributed by atoms with Crippen LogP contribution in [0.2, 0.25) is 5.02 Å². The van der Waals surface area contributed by atoms with Crippen molar-refractivity contribution in [2.24, 2.45) is 0 Å². The van der Waals surface area contributed by atoms with Gasteiger partial charge < -0.3 is 4.57 Å². The molecule has 0 fully saturated rings. The third kappa shape index (κ3) is 2.45. The molecule has 20 heavy (non-hydrogen) atoms. The van der Waals surface area contributed by atoms with E-state index in [4.69, 9.17) is 11.6 Å². The average molecular weight is 294 g/mol. The first-order valence-electron chi connectivity index (χ1n) is 6.73. The van der Waals surface area contributed by atoms with Crippen LogP contribution in [0.5, 0.6) is 0 Å². The highest BCUT2D eigenvalue weighted by Gasteiger charge is 2.20. The van der Waals surface area contributed by atoms with Gasteiger partial charge in [0.2, 0.25) is 0 Å². The Hall–Kier alpha value is -1.39. The number of halogens is 2. The molecule has 2 aromatic rings. The zero-order chi connectivity index (χ0) is 14.3. The van der Waals surface area contributed by atoms with Gasteiger partial charge in [0.05, 0.1) is 12.2 Å². The van der Waals surface area contributed by atoms with Gasteiger partial charge in [-0.2, -0.15) is 0 Å². The van der Waals surface area contributed by atoms with Crippen molar-refractivity contribution < 1.29 is 4.39 Å². The normalized spacial score (nSPS) is 15.4. The molecular formula is C15H17ClFN3. The highest BCUT2D eigenvalue weighted by molar-refractivity contribution is 6.31. The summed E-state index contributed by atoms with van der Waals surface area (Å²) in [6.45, 7) is 7.59. The minimum Gasteiger partial charge on any atom is -0.330 e. The van der Waals surface area contributed by atoms with E-state index in [0.29, 0.717) is 5.02 Å². The van der Waals surface area contributed by atoms with Crippen LogP contribution in [0.1, 0.15) is 22.8 Å². The van der Waals surface area contributed by atoms with Crippen molar-refractivity contribution in [2.75, 3.05) is 6.54 Å². The minimum absolute atomic E-state index is 0.292. The number of aryl methyl sites for hydroxylation is 1. The maximum Gasteiger partial charge on any atom is 0.124 e. The van der Waals surface area contributed by atoms with Gasteiger partial charge in [-0.05, 0) is 31.5 Å². The van der Waals surface area contributed by atoms with Crippen molar-refractivity contribution in [3.8, 4) is 0 Å². The van der Waals surface area contributed by atoms with Crippen molar-refractivity contribution in [1.29, 1.82) is 0 Å². The van der Waals surface area contributed by atoms with E-state index in [-0.39, 0.29) is 5.82 Å². The van der Waals surface area contributed by atoms with E-state index in [1.54, 1.807) is 6.07 Å². The van der Waals surface area contributed by atoms with Gasteiger partial charge in [0, 0.05) is 30.4 Å². The molecule has 0 radical (unpaired) electrons. The summed E-state index contributed by atoms with van der Waals surface area (Å²) in [4.78, 5) is 6.90. The van der Waals surface area contributed by atoms with Crippen molar-refractivity contribution in [2.45, 2.75) is 33.5 Å². The summed E-state index contributed by atoms with van der Waals surface area (Å²) in [6, 6.07) is 4.59. The zero-order valence-corrected chi connectivity index (χ0v) is 12.4. The topological polar surface area (TPSA) is 21.1 Å². The van der Waals surface area contributed by atoms with Crippen LogP contribution < -0.4 is 0 Å². The second kappa shape index (κ2) is 5.19. The Morgan fingerprint density at radius 3 is 2.85 bits per heavy atom. The molecule has 1 aromatic heterocycles. The highest BCUT2D eigenvalue weighted by Crippen LogP contribution is 2.22. The second-order valence-electron chi connectivity index (χ2n) is 5.30. The third-order valence-corrected chi connectivity index (χ3v) is 4.30. The number of hydrogen-bond donors (Lipinski definition) is 0. The molecule has 0 amide bonds. The van der Waals surface area contributed by atoms with Crippen molar-refractivity contribution in [1.82, 2.24) is 14.5 Å². The first-order valence-corrected chi connectivity index (χ1v) is 7.11. The van der Waals surface area contributed by atoms with Crippen LogP contribution in [-0.2, 0) is 19.6 Å². The molecule has 1 aliphatic rings. The van der Waals surface area contributed by atoms with Crippen molar-refractivity contribution in [3.05, 3.63) is 51.8 Å². The number of imidazole rings is 1. The Bertz CT molecular complexity index is 651. The fourth-order valence-corrected chi connectivity index (χ4v) is 2.91. The Morgan fingerprint density at radius 2 is 2.10 bits per heavy atom. The molecule has 0 aliphatic carbocycles. The lowest BCUT2D eigenvalue weighted by molar-refractivity contribution is 0.208. The quantitative estimate of drug-likeness (QED) is 0.847. The number of nitrogens with zero attached hydrogens (tertiary/aromatic N) is 3. The summed E-state index contributed by atoms with van der Waals surface area (Å²) in [5, 5.41) is 0.492. The molecule has 1 aliphatic heterocycles. The molecule has 0 atom stereocenters. The number of hydrogen-bond acceptors (Lipinski definition) is 2. The lowest BCUT2D eigenvalue weighted by atomic mass is 10.2. The van der Waals surface area contributed by atoms with Gasteiger partial charge in [0.1, 0.15) is 11.6 Å². The molecule has 0 saturated carbocycles. The molecule has 106 valence electrons. The van der Waals surface area contributed by atoms with Crippen LogP contribution in [0.3, 0.4) is 0 Å². The van der Waals surface area contributed by atoms with Crippen LogP contribution in [0.25, 0.3) is 0 Å².